The molecule has 1 fully saturated rings. The summed E-state index contributed by atoms with van der Waals surface area (Å²) in [7, 11) is 0. The summed E-state index contributed by atoms with van der Waals surface area (Å²) in [6, 6.07) is 7.09. The minimum absolute atomic E-state index is 0.916. The molecule has 1 aromatic carbocycles. The molecule has 0 N–H and O–H groups in total. The molecule has 2 aliphatic rings. The molecule has 0 saturated heterocycles. The Morgan fingerprint density at radius 3 is 2.93 bits per heavy atom. The second-order valence-corrected chi connectivity index (χ2v) is 5.06. The normalized spacial score (nSPS) is 29.8. The van der Waals surface area contributed by atoms with Crippen LogP contribution in [0.4, 0.5) is 0 Å². The molecule has 0 spiro atoms. The van der Waals surface area contributed by atoms with Crippen molar-refractivity contribution in [1.29, 1.82) is 0 Å². The fourth-order valence-electron chi connectivity index (χ4n) is 3.42. The van der Waals surface area contributed by atoms with Gasteiger partial charge in [-0.3, -0.25) is 0 Å². The average molecular weight is 186 g/mol. The molecule has 3 rings (SSSR count). The summed E-state index contributed by atoms with van der Waals surface area (Å²) in [6.07, 6.45) is 7.20. The van der Waals surface area contributed by atoms with Crippen molar-refractivity contribution < 1.29 is 0 Å². The molecule has 0 aromatic heterocycles. The number of hydrogen-bond donors (Lipinski definition) is 0. The zero-order valence-electron chi connectivity index (χ0n) is 8.92. The smallest absolute Gasteiger partial charge is 0.0128 e. The molecule has 0 heteroatoms. The second kappa shape index (κ2) is 3.12. The molecule has 0 aliphatic heterocycles. The second-order valence-electron chi connectivity index (χ2n) is 5.06. The number of aryl methyl sites for hydroxylation is 1. The third kappa shape index (κ3) is 1.20. The van der Waals surface area contributed by atoms with Gasteiger partial charge in [0.2, 0.25) is 0 Å². The fraction of sp³-hybridized carbons (Fsp3) is 0.571. The Kier molecular flexibility index (Phi) is 1.90. The minimum Gasteiger partial charge on any atom is -0.0590 e. The summed E-state index contributed by atoms with van der Waals surface area (Å²) in [4.78, 5) is 0. The highest BCUT2D eigenvalue weighted by Gasteiger charge is 2.33. The lowest BCUT2D eigenvalue weighted by Gasteiger charge is -2.25. The summed E-state index contributed by atoms with van der Waals surface area (Å²) in [5.41, 5.74) is 4.77. The van der Waals surface area contributed by atoms with E-state index in [0.717, 1.165) is 11.8 Å². The lowest BCUT2D eigenvalue weighted by Crippen LogP contribution is -2.12. The van der Waals surface area contributed by atoms with E-state index in [9.17, 15) is 0 Å². The number of hydrogen-bond acceptors (Lipinski definition) is 0. The van der Waals surface area contributed by atoms with E-state index in [4.69, 9.17) is 0 Å². The first-order valence-corrected chi connectivity index (χ1v) is 5.94. The standard InChI is InChI=1S/C14H18/c1-10-6-7-14-12(8-10)9-11-4-2-3-5-13(11)14/h6-8,11,13H,2-5,9H2,1H3. The maximum absolute atomic E-state index is 2.41. The van der Waals surface area contributed by atoms with Gasteiger partial charge in [0.05, 0.1) is 0 Å². The van der Waals surface area contributed by atoms with Crippen molar-refractivity contribution in [2.75, 3.05) is 0 Å². The van der Waals surface area contributed by atoms with Crippen molar-refractivity contribution in [2.24, 2.45) is 5.92 Å². The molecule has 0 amide bonds. The average Bonchev–Trinajstić information content (AvgIpc) is 2.54. The van der Waals surface area contributed by atoms with E-state index in [1.807, 2.05) is 0 Å². The van der Waals surface area contributed by atoms with Crippen LogP contribution in [0.2, 0.25) is 0 Å². The van der Waals surface area contributed by atoms with Crippen LogP contribution in [-0.4, -0.2) is 0 Å². The summed E-state index contributed by atoms with van der Waals surface area (Å²) < 4.78 is 0. The zero-order valence-corrected chi connectivity index (χ0v) is 8.92. The van der Waals surface area contributed by atoms with Crippen LogP contribution < -0.4 is 0 Å². The van der Waals surface area contributed by atoms with E-state index in [0.29, 0.717) is 0 Å². The van der Waals surface area contributed by atoms with Crippen LogP contribution in [0, 0.1) is 12.8 Å². The van der Waals surface area contributed by atoms with Crippen LogP contribution in [-0.2, 0) is 6.42 Å². The maximum atomic E-state index is 2.41. The summed E-state index contributed by atoms with van der Waals surface area (Å²) in [6.45, 7) is 2.21. The molecule has 2 atom stereocenters. The van der Waals surface area contributed by atoms with Gasteiger partial charge in [0.1, 0.15) is 0 Å². The third-order valence-electron chi connectivity index (χ3n) is 4.09. The van der Waals surface area contributed by atoms with Gasteiger partial charge in [-0.2, -0.15) is 0 Å². The van der Waals surface area contributed by atoms with Crippen LogP contribution in [0.3, 0.4) is 0 Å². The van der Waals surface area contributed by atoms with Crippen LogP contribution in [0.15, 0.2) is 18.2 Å². The zero-order chi connectivity index (χ0) is 9.54. The molecule has 0 heterocycles. The van der Waals surface area contributed by atoms with Gasteiger partial charge in [-0.25, -0.2) is 0 Å². The van der Waals surface area contributed by atoms with Crippen molar-refractivity contribution in [1.82, 2.24) is 0 Å². The van der Waals surface area contributed by atoms with Gasteiger partial charge in [-0.05, 0) is 49.1 Å². The van der Waals surface area contributed by atoms with Crippen LogP contribution in [0.1, 0.15) is 48.3 Å². The minimum atomic E-state index is 0.916. The Hall–Kier alpha value is -0.780. The van der Waals surface area contributed by atoms with Gasteiger partial charge in [-0.1, -0.05) is 36.6 Å². The molecule has 2 aliphatic carbocycles. The molecule has 1 aromatic rings. The fourth-order valence-corrected chi connectivity index (χ4v) is 3.42. The highest BCUT2D eigenvalue weighted by atomic mass is 14.4. The van der Waals surface area contributed by atoms with Gasteiger partial charge < -0.3 is 0 Å². The van der Waals surface area contributed by atoms with E-state index in [2.05, 4.69) is 25.1 Å². The van der Waals surface area contributed by atoms with Crippen LogP contribution in [0.5, 0.6) is 0 Å². The van der Waals surface area contributed by atoms with E-state index in [-0.39, 0.29) is 0 Å². The first-order chi connectivity index (χ1) is 6.84. The number of benzene rings is 1. The monoisotopic (exact) mass is 186 g/mol. The topological polar surface area (TPSA) is 0 Å². The molecular formula is C14H18. The Balaban J connectivity index is 2.01. The first-order valence-electron chi connectivity index (χ1n) is 5.94. The molecule has 2 unspecified atom stereocenters. The molecule has 14 heavy (non-hydrogen) atoms. The Morgan fingerprint density at radius 2 is 2.00 bits per heavy atom. The highest BCUT2D eigenvalue weighted by Crippen LogP contribution is 2.46. The van der Waals surface area contributed by atoms with E-state index in [1.54, 1.807) is 11.1 Å². The first kappa shape index (κ1) is 8.52. The largest absolute Gasteiger partial charge is 0.0590 e. The molecule has 74 valence electrons. The van der Waals surface area contributed by atoms with Crippen molar-refractivity contribution in [3.63, 3.8) is 0 Å². The van der Waals surface area contributed by atoms with E-state index < -0.39 is 0 Å². The lowest BCUT2D eigenvalue weighted by molar-refractivity contribution is 0.330. The van der Waals surface area contributed by atoms with E-state index >= 15 is 0 Å². The Labute approximate surface area is 86.3 Å². The van der Waals surface area contributed by atoms with Gasteiger partial charge in [0, 0.05) is 0 Å². The molecule has 0 nitrogen and oxygen atoms in total. The quantitative estimate of drug-likeness (QED) is 0.577. The third-order valence-corrected chi connectivity index (χ3v) is 4.09. The highest BCUT2D eigenvalue weighted by molar-refractivity contribution is 5.39. The van der Waals surface area contributed by atoms with Crippen molar-refractivity contribution in [3.8, 4) is 0 Å². The molecule has 1 saturated carbocycles. The predicted molar refractivity (Wildman–Crippen MR) is 59.6 cm³/mol. The Morgan fingerprint density at radius 1 is 1.14 bits per heavy atom. The number of rotatable bonds is 0. The van der Waals surface area contributed by atoms with Crippen LogP contribution in [0.25, 0.3) is 0 Å². The SMILES string of the molecule is Cc1ccc2c(c1)CC1CCCCC21. The van der Waals surface area contributed by atoms with Gasteiger partial charge in [0.25, 0.3) is 0 Å². The van der Waals surface area contributed by atoms with Crippen molar-refractivity contribution >= 4 is 0 Å². The van der Waals surface area contributed by atoms with Crippen molar-refractivity contribution in [3.05, 3.63) is 34.9 Å². The number of fused-ring (bicyclic) bond motifs is 3. The summed E-state index contributed by atoms with van der Waals surface area (Å²) in [5, 5.41) is 0. The molecule has 0 radical (unpaired) electrons. The van der Waals surface area contributed by atoms with Crippen molar-refractivity contribution in [2.45, 2.75) is 44.9 Å². The lowest BCUT2D eigenvalue weighted by atomic mass is 9.80. The Bertz CT molecular complexity index is 351. The molecule has 0 bridgehead atoms. The van der Waals surface area contributed by atoms with Crippen LogP contribution >= 0.6 is 0 Å². The van der Waals surface area contributed by atoms with Gasteiger partial charge >= 0.3 is 0 Å². The maximum Gasteiger partial charge on any atom is -0.0128 e. The molecular weight excluding hydrogens is 168 g/mol. The summed E-state index contributed by atoms with van der Waals surface area (Å²) in [5.74, 6) is 1.90. The summed E-state index contributed by atoms with van der Waals surface area (Å²) >= 11 is 0. The van der Waals surface area contributed by atoms with E-state index in [1.165, 1.54) is 37.7 Å². The van der Waals surface area contributed by atoms with Gasteiger partial charge in [0.15, 0.2) is 0 Å². The van der Waals surface area contributed by atoms with Gasteiger partial charge in [-0.15, -0.1) is 0 Å². The predicted octanol–water partition coefficient (Wildman–Crippen LogP) is 3.82.